The fourth-order valence-corrected chi connectivity index (χ4v) is 2.88. The second kappa shape index (κ2) is 4.63. The first-order chi connectivity index (χ1) is 7.63. The van der Waals surface area contributed by atoms with E-state index in [9.17, 15) is 8.78 Å². The van der Waals surface area contributed by atoms with E-state index in [0.717, 1.165) is 10.0 Å². The van der Waals surface area contributed by atoms with Crippen LogP contribution in [0.4, 0.5) is 8.78 Å². The topological polar surface area (TPSA) is 17.8 Å². The lowest BCUT2D eigenvalue weighted by molar-refractivity contribution is 0.152. The van der Waals surface area contributed by atoms with Crippen LogP contribution in [0.2, 0.25) is 0 Å². The molecule has 0 aliphatic rings. The van der Waals surface area contributed by atoms with Gasteiger partial charge in [-0.2, -0.15) is 16.4 Å². The van der Waals surface area contributed by atoms with Crippen LogP contribution in [0, 0.1) is 0 Å². The van der Waals surface area contributed by atoms with E-state index in [2.05, 4.69) is 21.0 Å². The quantitative estimate of drug-likeness (QED) is 0.825. The Hall–Kier alpha value is -0.750. The number of rotatable bonds is 3. The van der Waals surface area contributed by atoms with E-state index < -0.39 is 6.43 Å². The highest BCUT2D eigenvalue weighted by Crippen LogP contribution is 2.36. The van der Waals surface area contributed by atoms with Gasteiger partial charge in [0.1, 0.15) is 5.69 Å². The van der Waals surface area contributed by atoms with Gasteiger partial charge in [0, 0.05) is 33.5 Å². The van der Waals surface area contributed by atoms with Gasteiger partial charge in [-0.1, -0.05) is 0 Å². The summed E-state index contributed by atoms with van der Waals surface area (Å²) in [6.07, 6.45) is -1.09. The first-order valence-electron chi connectivity index (χ1n) is 4.71. The average Bonchev–Trinajstić information content (AvgIpc) is 2.82. The van der Waals surface area contributed by atoms with Gasteiger partial charge in [-0.3, -0.25) is 4.68 Å². The third-order valence-corrected chi connectivity index (χ3v) is 3.92. The number of halogens is 3. The Labute approximate surface area is 104 Å². The third kappa shape index (κ3) is 2.04. The van der Waals surface area contributed by atoms with Crippen LogP contribution in [0.5, 0.6) is 0 Å². The molecule has 2 heterocycles. The Morgan fingerprint density at radius 1 is 1.50 bits per heavy atom. The Kier molecular flexibility index (Phi) is 3.39. The first kappa shape index (κ1) is 11.7. The average molecular weight is 307 g/mol. The van der Waals surface area contributed by atoms with Crippen LogP contribution in [0.15, 0.2) is 21.4 Å². The molecular formula is C10H9BrF2N2S. The Bertz CT molecular complexity index is 493. The van der Waals surface area contributed by atoms with Crippen molar-refractivity contribution in [2.24, 2.45) is 0 Å². The molecule has 16 heavy (non-hydrogen) atoms. The maximum atomic E-state index is 12.8. The van der Waals surface area contributed by atoms with Crippen LogP contribution in [0.3, 0.4) is 0 Å². The molecule has 6 heteroatoms. The Balaban J connectivity index is 2.55. The summed E-state index contributed by atoms with van der Waals surface area (Å²) in [6, 6.07) is 0. The normalized spacial score (nSPS) is 11.3. The van der Waals surface area contributed by atoms with E-state index in [0.29, 0.717) is 12.2 Å². The van der Waals surface area contributed by atoms with Gasteiger partial charge in [0.2, 0.25) is 0 Å². The molecule has 0 aliphatic carbocycles. The molecule has 2 aromatic rings. The SMILES string of the molecule is CCn1cc(C(F)F)c(-c2cscc2Br)n1. The second-order valence-electron chi connectivity index (χ2n) is 3.22. The number of hydrogen-bond acceptors (Lipinski definition) is 2. The third-order valence-electron chi connectivity index (χ3n) is 2.22. The molecule has 2 aromatic heterocycles. The van der Waals surface area contributed by atoms with Crippen LogP contribution >= 0.6 is 27.3 Å². The van der Waals surface area contributed by atoms with E-state index in [1.807, 2.05) is 17.7 Å². The molecule has 86 valence electrons. The molecule has 0 unspecified atom stereocenters. The summed E-state index contributed by atoms with van der Waals surface area (Å²) in [6.45, 7) is 2.45. The molecule has 0 amide bonds. The molecule has 2 rings (SSSR count). The van der Waals surface area contributed by atoms with E-state index in [-0.39, 0.29) is 5.56 Å². The summed E-state index contributed by atoms with van der Waals surface area (Å²) in [4.78, 5) is 0. The highest BCUT2D eigenvalue weighted by Gasteiger charge is 2.20. The van der Waals surface area contributed by atoms with Crippen molar-refractivity contribution in [1.29, 1.82) is 0 Å². The van der Waals surface area contributed by atoms with Gasteiger partial charge in [-0.25, -0.2) is 8.78 Å². The van der Waals surface area contributed by atoms with Crippen molar-refractivity contribution >= 4 is 27.3 Å². The van der Waals surface area contributed by atoms with Crippen molar-refractivity contribution in [3.63, 3.8) is 0 Å². The van der Waals surface area contributed by atoms with Crippen LogP contribution in [0.25, 0.3) is 11.3 Å². The molecule has 0 N–H and O–H groups in total. The molecule has 0 fully saturated rings. The van der Waals surface area contributed by atoms with Crippen molar-refractivity contribution in [3.8, 4) is 11.3 Å². The van der Waals surface area contributed by atoms with Gasteiger partial charge in [0.05, 0.1) is 5.56 Å². The van der Waals surface area contributed by atoms with Crippen molar-refractivity contribution in [3.05, 3.63) is 27.0 Å². The van der Waals surface area contributed by atoms with E-state index in [4.69, 9.17) is 0 Å². The van der Waals surface area contributed by atoms with Gasteiger partial charge in [-0.15, -0.1) is 0 Å². The van der Waals surface area contributed by atoms with Gasteiger partial charge in [-0.05, 0) is 22.9 Å². The monoisotopic (exact) mass is 306 g/mol. The van der Waals surface area contributed by atoms with Crippen LogP contribution in [-0.2, 0) is 6.54 Å². The minimum atomic E-state index is -2.50. The molecule has 0 radical (unpaired) electrons. The summed E-state index contributed by atoms with van der Waals surface area (Å²) >= 11 is 4.79. The molecule has 0 saturated heterocycles. The van der Waals surface area contributed by atoms with Gasteiger partial charge in [0.15, 0.2) is 0 Å². The van der Waals surface area contributed by atoms with Crippen LogP contribution < -0.4 is 0 Å². The predicted octanol–water partition coefficient (Wildman–Crippen LogP) is 4.33. The molecular weight excluding hydrogens is 298 g/mol. The lowest BCUT2D eigenvalue weighted by atomic mass is 10.1. The van der Waals surface area contributed by atoms with Gasteiger partial charge in [0.25, 0.3) is 6.43 Å². The number of aryl methyl sites for hydroxylation is 1. The minimum Gasteiger partial charge on any atom is -0.272 e. The lowest BCUT2D eigenvalue weighted by Gasteiger charge is -1.98. The predicted molar refractivity (Wildman–Crippen MR) is 63.9 cm³/mol. The molecule has 0 spiro atoms. The zero-order valence-corrected chi connectivity index (χ0v) is 10.9. The number of aromatic nitrogens is 2. The van der Waals surface area contributed by atoms with Crippen LogP contribution in [0.1, 0.15) is 18.9 Å². The van der Waals surface area contributed by atoms with E-state index in [1.54, 1.807) is 0 Å². The molecule has 0 aromatic carbocycles. The standard InChI is InChI=1S/C10H9BrF2N2S/c1-2-15-3-6(10(12)13)9(14-15)7-4-16-5-8(7)11/h3-5,10H,2H2,1H3. The molecule has 0 bridgehead atoms. The molecule has 0 aliphatic heterocycles. The van der Waals surface area contributed by atoms with Crippen LogP contribution in [-0.4, -0.2) is 9.78 Å². The fraction of sp³-hybridized carbons (Fsp3) is 0.300. The second-order valence-corrected chi connectivity index (χ2v) is 4.82. The number of alkyl halides is 2. The van der Waals surface area contributed by atoms with E-state index >= 15 is 0 Å². The van der Waals surface area contributed by atoms with Gasteiger partial charge >= 0.3 is 0 Å². The summed E-state index contributed by atoms with van der Waals surface area (Å²) in [5.41, 5.74) is 1.08. The first-order valence-corrected chi connectivity index (χ1v) is 6.44. The lowest BCUT2D eigenvalue weighted by Crippen LogP contribution is -1.93. The zero-order chi connectivity index (χ0) is 11.7. The highest BCUT2D eigenvalue weighted by molar-refractivity contribution is 9.10. The minimum absolute atomic E-state index is 0.0130. The number of thiophene rings is 1. The fourth-order valence-electron chi connectivity index (χ4n) is 1.42. The van der Waals surface area contributed by atoms with Crippen molar-refractivity contribution in [1.82, 2.24) is 9.78 Å². The molecule has 0 saturated carbocycles. The van der Waals surface area contributed by atoms with E-state index in [1.165, 1.54) is 22.2 Å². The maximum absolute atomic E-state index is 12.8. The van der Waals surface area contributed by atoms with Crippen molar-refractivity contribution in [2.45, 2.75) is 19.9 Å². The number of hydrogen-bond donors (Lipinski definition) is 0. The number of nitrogens with zero attached hydrogens (tertiary/aromatic N) is 2. The Morgan fingerprint density at radius 2 is 2.25 bits per heavy atom. The summed E-state index contributed by atoms with van der Waals surface area (Å²) in [5, 5.41) is 7.84. The smallest absolute Gasteiger partial charge is 0.267 e. The Morgan fingerprint density at radius 3 is 2.75 bits per heavy atom. The highest BCUT2D eigenvalue weighted by atomic mass is 79.9. The van der Waals surface area contributed by atoms with Gasteiger partial charge < -0.3 is 0 Å². The summed E-state index contributed by atoms with van der Waals surface area (Å²) in [7, 11) is 0. The molecule has 0 atom stereocenters. The summed E-state index contributed by atoms with van der Waals surface area (Å²) in [5.74, 6) is 0. The maximum Gasteiger partial charge on any atom is 0.267 e. The summed E-state index contributed by atoms with van der Waals surface area (Å²) < 4.78 is 28.0. The van der Waals surface area contributed by atoms with Crippen molar-refractivity contribution < 1.29 is 8.78 Å². The van der Waals surface area contributed by atoms with Crippen molar-refractivity contribution in [2.75, 3.05) is 0 Å². The molecule has 2 nitrogen and oxygen atoms in total. The largest absolute Gasteiger partial charge is 0.272 e. The zero-order valence-electron chi connectivity index (χ0n) is 8.45.